The summed E-state index contributed by atoms with van der Waals surface area (Å²) in [5, 5.41) is 0. The second-order valence-electron chi connectivity index (χ2n) is 4.49. The number of H-pyrrole nitrogens is 1. The number of aromatic nitrogens is 2. The van der Waals surface area contributed by atoms with Crippen LogP contribution in [0.4, 0.5) is 0 Å². The van der Waals surface area contributed by atoms with Crippen molar-refractivity contribution >= 4 is 17.5 Å². The zero-order valence-corrected chi connectivity index (χ0v) is 11.0. The number of amides is 1. The van der Waals surface area contributed by atoms with Gasteiger partial charge in [-0.25, -0.2) is 4.98 Å². The van der Waals surface area contributed by atoms with E-state index in [1.165, 1.54) is 6.07 Å². The molecule has 0 aromatic carbocycles. The molecule has 5 nitrogen and oxygen atoms in total. The summed E-state index contributed by atoms with van der Waals surface area (Å²) in [5.74, 6) is 0.771. The number of hydrogen-bond acceptors (Lipinski definition) is 3. The quantitative estimate of drug-likeness (QED) is 0.836. The molecule has 1 aromatic heterocycles. The molecular weight excluding hydrogens is 254 g/mol. The second kappa shape index (κ2) is 5.52. The highest BCUT2D eigenvalue weighted by Gasteiger charge is 2.31. The van der Waals surface area contributed by atoms with E-state index in [4.69, 9.17) is 11.6 Å². The Bertz CT molecular complexity index is 500. The summed E-state index contributed by atoms with van der Waals surface area (Å²) in [6, 6.07) is 1.46. The van der Waals surface area contributed by atoms with Crippen molar-refractivity contribution in [2.45, 2.75) is 31.6 Å². The van der Waals surface area contributed by atoms with Gasteiger partial charge < -0.3 is 9.88 Å². The molecule has 18 heavy (non-hydrogen) atoms. The highest BCUT2D eigenvalue weighted by molar-refractivity contribution is 6.16. The summed E-state index contributed by atoms with van der Waals surface area (Å²) in [6.45, 7) is 3.45. The number of nitrogens with zero attached hydrogens (tertiary/aromatic N) is 2. The van der Waals surface area contributed by atoms with E-state index >= 15 is 0 Å². The minimum atomic E-state index is -0.211. The SMILES string of the molecule is CCCN1C[C@H](c2cc(=O)[nH]c(CCl)n2)CC1=O. The molecule has 1 N–H and O–H groups in total. The Morgan fingerprint density at radius 3 is 3.00 bits per heavy atom. The maximum absolute atomic E-state index is 11.8. The van der Waals surface area contributed by atoms with Crippen molar-refractivity contribution in [3.8, 4) is 0 Å². The number of likely N-dealkylation sites (tertiary alicyclic amines) is 1. The summed E-state index contributed by atoms with van der Waals surface area (Å²) in [4.78, 5) is 31.9. The van der Waals surface area contributed by atoms with Gasteiger partial charge in [-0.1, -0.05) is 6.92 Å². The molecule has 0 bridgehead atoms. The van der Waals surface area contributed by atoms with Gasteiger partial charge in [0.15, 0.2) is 0 Å². The summed E-state index contributed by atoms with van der Waals surface area (Å²) in [7, 11) is 0. The minimum absolute atomic E-state index is 0.00770. The molecule has 0 spiro atoms. The summed E-state index contributed by atoms with van der Waals surface area (Å²) < 4.78 is 0. The van der Waals surface area contributed by atoms with Crippen LogP contribution in [0.5, 0.6) is 0 Å². The predicted octanol–water partition coefficient (Wildman–Crippen LogP) is 1.23. The third-order valence-corrected chi connectivity index (χ3v) is 3.32. The summed E-state index contributed by atoms with van der Waals surface area (Å²) in [6.07, 6.45) is 1.37. The van der Waals surface area contributed by atoms with Crippen LogP contribution in [0.1, 0.15) is 37.2 Å². The van der Waals surface area contributed by atoms with Gasteiger partial charge in [-0.15, -0.1) is 11.6 Å². The normalized spacial score (nSPS) is 19.6. The van der Waals surface area contributed by atoms with Crippen molar-refractivity contribution in [1.82, 2.24) is 14.9 Å². The smallest absolute Gasteiger partial charge is 0.251 e. The van der Waals surface area contributed by atoms with Gasteiger partial charge in [-0.05, 0) is 6.42 Å². The van der Waals surface area contributed by atoms with Crippen LogP contribution < -0.4 is 5.56 Å². The molecule has 1 atom stereocenters. The molecule has 1 amide bonds. The third-order valence-electron chi connectivity index (χ3n) is 3.06. The van der Waals surface area contributed by atoms with E-state index in [0.717, 1.165) is 13.0 Å². The third kappa shape index (κ3) is 2.72. The molecule has 2 rings (SSSR count). The molecule has 1 aliphatic rings. The molecule has 98 valence electrons. The van der Waals surface area contributed by atoms with Crippen LogP contribution >= 0.6 is 11.6 Å². The molecule has 6 heteroatoms. The van der Waals surface area contributed by atoms with Crippen LogP contribution in [0.2, 0.25) is 0 Å². The first-order chi connectivity index (χ1) is 8.63. The van der Waals surface area contributed by atoms with Crippen molar-refractivity contribution in [1.29, 1.82) is 0 Å². The number of carbonyl (C=O) groups is 1. The summed E-state index contributed by atoms with van der Waals surface area (Å²) >= 11 is 5.67. The van der Waals surface area contributed by atoms with Gasteiger partial charge in [0.2, 0.25) is 5.91 Å². The van der Waals surface area contributed by atoms with Crippen LogP contribution in [-0.4, -0.2) is 33.9 Å². The number of halogens is 1. The number of nitrogens with one attached hydrogen (secondary N) is 1. The standard InChI is InChI=1S/C12H16ClN3O2/c1-2-3-16-7-8(4-12(16)18)9-5-11(17)15-10(6-13)14-9/h5,8H,2-4,6-7H2,1H3,(H,14,15,17)/t8-/m1/s1. The van der Waals surface area contributed by atoms with Gasteiger partial charge >= 0.3 is 0 Å². The van der Waals surface area contributed by atoms with E-state index in [0.29, 0.717) is 24.5 Å². The van der Waals surface area contributed by atoms with Gasteiger partial charge in [0.05, 0.1) is 11.6 Å². The fourth-order valence-electron chi connectivity index (χ4n) is 2.26. The van der Waals surface area contributed by atoms with Gasteiger partial charge in [-0.3, -0.25) is 9.59 Å². The molecule has 1 fully saturated rings. The molecule has 0 unspecified atom stereocenters. The van der Waals surface area contributed by atoms with Crippen LogP contribution in [0.3, 0.4) is 0 Å². The molecule has 0 saturated carbocycles. The van der Waals surface area contributed by atoms with Gasteiger partial charge in [0, 0.05) is 31.5 Å². The van der Waals surface area contributed by atoms with Crippen molar-refractivity contribution < 1.29 is 4.79 Å². The number of aromatic amines is 1. The lowest BCUT2D eigenvalue weighted by Crippen LogP contribution is -2.25. The van der Waals surface area contributed by atoms with Gasteiger partial charge in [-0.2, -0.15) is 0 Å². The Morgan fingerprint density at radius 2 is 2.33 bits per heavy atom. The van der Waals surface area contributed by atoms with Crippen molar-refractivity contribution in [3.05, 3.63) is 27.9 Å². The lowest BCUT2D eigenvalue weighted by Gasteiger charge is -2.15. The molecule has 1 aromatic rings. The second-order valence-corrected chi connectivity index (χ2v) is 4.76. The van der Waals surface area contributed by atoms with E-state index in [9.17, 15) is 9.59 Å². The maximum Gasteiger partial charge on any atom is 0.251 e. The van der Waals surface area contributed by atoms with Crippen LogP contribution in [0, 0.1) is 0 Å². The topological polar surface area (TPSA) is 66.1 Å². The number of hydrogen-bond donors (Lipinski definition) is 1. The van der Waals surface area contributed by atoms with Crippen molar-refractivity contribution in [3.63, 3.8) is 0 Å². The lowest BCUT2D eigenvalue weighted by molar-refractivity contribution is -0.127. The van der Waals surface area contributed by atoms with Gasteiger partial charge in [0.1, 0.15) is 5.82 Å². The highest BCUT2D eigenvalue weighted by Crippen LogP contribution is 2.26. The predicted molar refractivity (Wildman–Crippen MR) is 68.6 cm³/mol. The number of alkyl halides is 1. The molecule has 0 radical (unpaired) electrons. The van der Waals surface area contributed by atoms with E-state index in [1.807, 2.05) is 11.8 Å². The minimum Gasteiger partial charge on any atom is -0.342 e. The van der Waals surface area contributed by atoms with E-state index < -0.39 is 0 Å². The molecule has 0 aliphatic carbocycles. The molecular formula is C12H16ClN3O2. The van der Waals surface area contributed by atoms with Crippen LogP contribution in [0.15, 0.2) is 10.9 Å². The zero-order chi connectivity index (χ0) is 13.1. The zero-order valence-electron chi connectivity index (χ0n) is 10.3. The fourth-order valence-corrected chi connectivity index (χ4v) is 2.38. The Morgan fingerprint density at radius 1 is 1.56 bits per heavy atom. The monoisotopic (exact) mass is 269 g/mol. The average Bonchev–Trinajstić information content (AvgIpc) is 2.71. The average molecular weight is 270 g/mol. The van der Waals surface area contributed by atoms with E-state index in [2.05, 4.69) is 9.97 Å². The van der Waals surface area contributed by atoms with Gasteiger partial charge in [0.25, 0.3) is 5.56 Å². The Hall–Kier alpha value is -1.36. The van der Waals surface area contributed by atoms with E-state index in [-0.39, 0.29) is 23.3 Å². The highest BCUT2D eigenvalue weighted by atomic mass is 35.5. The first-order valence-electron chi connectivity index (χ1n) is 6.08. The molecule has 1 aliphatic heterocycles. The number of rotatable bonds is 4. The van der Waals surface area contributed by atoms with Crippen molar-refractivity contribution in [2.75, 3.05) is 13.1 Å². The maximum atomic E-state index is 11.8. The van der Waals surface area contributed by atoms with E-state index in [1.54, 1.807) is 0 Å². The Labute approximate surface area is 110 Å². The lowest BCUT2D eigenvalue weighted by atomic mass is 10.0. The first kappa shape index (κ1) is 13.1. The molecule has 1 saturated heterocycles. The number of carbonyl (C=O) groups excluding carboxylic acids is 1. The van der Waals surface area contributed by atoms with Crippen LogP contribution in [0.25, 0.3) is 0 Å². The fraction of sp³-hybridized carbons (Fsp3) is 0.583. The Balaban J connectivity index is 2.20. The first-order valence-corrected chi connectivity index (χ1v) is 6.61. The van der Waals surface area contributed by atoms with Crippen molar-refractivity contribution in [2.24, 2.45) is 0 Å². The Kier molecular flexibility index (Phi) is 4.01. The largest absolute Gasteiger partial charge is 0.342 e. The van der Waals surface area contributed by atoms with Crippen LogP contribution in [-0.2, 0) is 10.7 Å². The molecule has 2 heterocycles. The summed E-state index contributed by atoms with van der Waals surface area (Å²) in [5.41, 5.74) is 0.457.